The van der Waals surface area contributed by atoms with Crippen molar-refractivity contribution in [1.29, 1.82) is 5.26 Å². The van der Waals surface area contributed by atoms with Crippen LogP contribution in [0.15, 0.2) is 36.5 Å². The third kappa shape index (κ3) is 3.36. The van der Waals surface area contributed by atoms with Gasteiger partial charge in [0.1, 0.15) is 28.9 Å². The molecule has 1 N–H and O–H groups in total. The number of benzene rings is 1. The molecule has 4 nitrogen and oxygen atoms in total. The molecule has 0 spiro atoms. The lowest BCUT2D eigenvalue weighted by atomic mass is 10.1. The van der Waals surface area contributed by atoms with E-state index in [2.05, 4.69) is 17.2 Å². The van der Waals surface area contributed by atoms with Gasteiger partial charge in [0.2, 0.25) is 0 Å². The number of hydrogen-bond donors (Lipinski definition) is 1. The van der Waals surface area contributed by atoms with E-state index in [0.717, 1.165) is 12.1 Å². The molecule has 2 aromatic rings. The first-order valence-electron chi connectivity index (χ1n) is 6.69. The zero-order valence-corrected chi connectivity index (χ0v) is 11.9. The molecule has 0 amide bonds. The van der Waals surface area contributed by atoms with Crippen LogP contribution in [0, 0.1) is 17.1 Å². The van der Waals surface area contributed by atoms with Crippen molar-refractivity contribution in [3.63, 3.8) is 0 Å². The largest absolute Gasteiger partial charge is 0.454 e. The van der Waals surface area contributed by atoms with Crippen LogP contribution in [0.3, 0.4) is 0 Å². The van der Waals surface area contributed by atoms with Gasteiger partial charge in [-0.2, -0.15) is 5.26 Å². The summed E-state index contributed by atoms with van der Waals surface area (Å²) in [6.45, 7) is 2.07. The molecule has 108 valence electrons. The molecule has 0 aliphatic rings. The Labute approximate surface area is 123 Å². The lowest BCUT2D eigenvalue weighted by Crippen LogP contribution is -2.16. The number of pyridine rings is 1. The number of aromatic nitrogens is 1. The fourth-order valence-corrected chi connectivity index (χ4v) is 2.04. The number of nitrogens with zero attached hydrogens (tertiary/aromatic N) is 2. The van der Waals surface area contributed by atoms with E-state index in [0.29, 0.717) is 5.75 Å². The second-order valence-corrected chi connectivity index (χ2v) is 4.50. The third-order valence-electron chi connectivity index (χ3n) is 3.19. The van der Waals surface area contributed by atoms with Crippen molar-refractivity contribution < 1.29 is 9.13 Å². The molecule has 2 rings (SSSR count). The normalized spacial score (nSPS) is 11.7. The molecule has 0 fully saturated rings. The molecule has 0 aliphatic heterocycles. The minimum atomic E-state index is -0.596. The third-order valence-corrected chi connectivity index (χ3v) is 3.19. The molecule has 1 heterocycles. The van der Waals surface area contributed by atoms with E-state index in [9.17, 15) is 4.39 Å². The number of nitriles is 1. The zero-order chi connectivity index (χ0) is 15.2. The minimum absolute atomic E-state index is 0.108. The molecule has 0 radical (unpaired) electrons. The Morgan fingerprint density at radius 1 is 1.38 bits per heavy atom. The number of halogens is 1. The van der Waals surface area contributed by atoms with Crippen LogP contribution in [0.5, 0.6) is 11.5 Å². The minimum Gasteiger partial charge on any atom is -0.454 e. The smallest absolute Gasteiger partial charge is 0.148 e. The van der Waals surface area contributed by atoms with Crippen molar-refractivity contribution in [2.45, 2.75) is 19.4 Å². The average molecular weight is 285 g/mol. The molecular weight excluding hydrogens is 269 g/mol. The van der Waals surface area contributed by atoms with Crippen LogP contribution < -0.4 is 10.1 Å². The van der Waals surface area contributed by atoms with Gasteiger partial charge >= 0.3 is 0 Å². The van der Waals surface area contributed by atoms with E-state index in [4.69, 9.17) is 10.00 Å². The quantitative estimate of drug-likeness (QED) is 0.912. The van der Waals surface area contributed by atoms with Gasteiger partial charge in [-0.05, 0) is 37.7 Å². The number of hydrogen-bond acceptors (Lipinski definition) is 4. The summed E-state index contributed by atoms with van der Waals surface area (Å²) in [5, 5.41) is 12.1. The van der Waals surface area contributed by atoms with Crippen LogP contribution in [0.4, 0.5) is 4.39 Å². The summed E-state index contributed by atoms with van der Waals surface area (Å²) in [4.78, 5) is 4.33. The maximum absolute atomic E-state index is 13.5. The summed E-state index contributed by atoms with van der Waals surface area (Å²) in [7, 11) is 1.88. The molecule has 1 aromatic heterocycles. The van der Waals surface area contributed by atoms with Gasteiger partial charge in [0.15, 0.2) is 0 Å². The van der Waals surface area contributed by atoms with Gasteiger partial charge in [-0.3, -0.25) is 4.98 Å². The molecule has 0 aliphatic carbocycles. The molecule has 0 bridgehead atoms. The summed E-state index contributed by atoms with van der Waals surface area (Å²) in [6, 6.07) is 9.88. The molecule has 1 unspecified atom stereocenters. The Kier molecular flexibility index (Phi) is 4.85. The second kappa shape index (κ2) is 6.82. The van der Waals surface area contributed by atoms with Crippen LogP contribution >= 0.6 is 0 Å². The Morgan fingerprint density at radius 3 is 2.76 bits per heavy atom. The van der Waals surface area contributed by atoms with Crippen molar-refractivity contribution in [1.82, 2.24) is 10.3 Å². The lowest BCUT2D eigenvalue weighted by molar-refractivity contribution is 0.470. The zero-order valence-electron chi connectivity index (χ0n) is 11.9. The van der Waals surface area contributed by atoms with E-state index in [1.165, 1.54) is 12.1 Å². The van der Waals surface area contributed by atoms with Crippen molar-refractivity contribution in [2.75, 3.05) is 7.05 Å². The number of rotatable bonds is 5. The first kappa shape index (κ1) is 14.9. The summed E-state index contributed by atoms with van der Waals surface area (Å²) in [5.74, 6) is 0.0559. The first-order valence-corrected chi connectivity index (χ1v) is 6.69. The molecule has 21 heavy (non-hydrogen) atoms. The van der Waals surface area contributed by atoms with Gasteiger partial charge in [-0.25, -0.2) is 4.39 Å². The Balaban J connectivity index is 2.22. The highest BCUT2D eigenvalue weighted by atomic mass is 19.1. The molecule has 1 aromatic carbocycles. The molecule has 0 saturated heterocycles. The molecular formula is C16H16FN3O. The highest BCUT2D eigenvalue weighted by Gasteiger charge is 2.11. The van der Waals surface area contributed by atoms with Crippen molar-refractivity contribution in [2.24, 2.45) is 0 Å². The average Bonchev–Trinajstić information content (AvgIpc) is 2.50. The fraction of sp³-hybridized carbons (Fsp3) is 0.250. The Hall–Kier alpha value is -2.45. The van der Waals surface area contributed by atoms with E-state index in [-0.39, 0.29) is 17.4 Å². The molecule has 1 atom stereocenters. The van der Waals surface area contributed by atoms with Crippen molar-refractivity contribution in [3.8, 4) is 17.6 Å². The van der Waals surface area contributed by atoms with Crippen LogP contribution in [-0.2, 0) is 0 Å². The summed E-state index contributed by atoms with van der Waals surface area (Å²) in [6.07, 6.45) is 2.49. The van der Waals surface area contributed by atoms with Crippen LogP contribution in [0.2, 0.25) is 0 Å². The van der Waals surface area contributed by atoms with Gasteiger partial charge in [0, 0.05) is 6.04 Å². The topological polar surface area (TPSA) is 57.9 Å². The summed E-state index contributed by atoms with van der Waals surface area (Å²) < 4.78 is 19.0. The number of nitrogens with one attached hydrogen (secondary N) is 1. The monoisotopic (exact) mass is 285 g/mol. The maximum Gasteiger partial charge on any atom is 0.148 e. The first-order chi connectivity index (χ1) is 10.2. The highest BCUT2D eigenvalue weighted by Crippen LogP contribution is 2.27. The Bertz CT molecular complexity index is 646. The van der Waals surface area contributed by atoms with Crippen molar-refractivity contribution in [3.05, 3.63) is 53.6 Å². The predicted molar refractivity (Wildman–Crippen MR) is 77.5 cm³/mol. The van der Waals surface area contributed by atoms with E-state index in [1.54, 1.807) is 24.4 Å². The van der Waals surface area contributed by atoms with Gasteiger partial charge in [-0.15, -0.1) is 0 Å². The van der Waals surface area contributed by atoms with Gasteiger partial charge in [0.05, 0.1) is 11.9 Å². The second-order valence-electron chi connectivity index (χ2n) is 4.50. The summed E-state index contributed by atoms with van der Waals surface area (Å²) in [5.41, 5.74) is 0.801. The van der Waals surface area contributed by atoms with Gasteiger partial charge < -0.3 is 10.1 Å². The molecule has 0 saturated carbocycles. The van der Waals surface area contributed by atoms with E-state index in [1.807, 2.05) is 13.1 Å². The summed E-state index contributed by atoms with van der Waals surface area (Å²) >= 11 is 0. The number of ether oxygens (including phenoxy) is 1. The van der Waals surface area contributed by atoms with E-state index >= 15 is 0 Å². The SMILES string of the molecule is CCC(NC)c1ccc(Oc2cccc(F)c2C#N)cn1. The predicted octanol–water partition coefficient (Wildman–Crippen LogP) is 3.56. The van der Waals surface area contributed by atoms with Gasteiger partial charge in [0.25, 0.3) is 0 Å². The lowest BCUT2D eigenvalue weighted by Gasteiger charge is -2.13. The highest BCUT2D eigenvalue weighted by molar-refractivity contribution is 5.45. The van der Waals surface area contributed by atoms with Crippen LogP contribution in [0.25, 0.3) is 0 Å². The van der Waals surface area contributed by atoms with Crippen molar-refractivity contribution >= 4 is 0 Å². The standard InChI is InChI=1S/C16H16FN3O/c1-3-14(19-2)15-8-7-11(10-20-15)21-16-6-4-5-13(17)12(16)9-18/h4-8,10,14,19H,3H2,1-2H3. The van der Waals surface area contributed by atoms with E-state index < -0.39 is 5.82 Å². The van der Waals surface area contributed by atoms with Gasteiger partial charge in [-0.1, -0.05) is 13.0 Å². The fourth-order valence-electron chi connectivity index (χ4n) is 2.04. The van der Waals surface area contributed by atoms with Crippen LogP contribution in [0.1, 0.15) is 30.6 Å². The Morgan fingerprint density at radius 2 is 2.19 bits per heavy atom. The van der Waals surface area contributed by atoms with Crippen LogP contribution in [-0.4, -0.2) is 12.0 Å². The maximum atomic E-state index is 13.5. The molecule has 5 heteroatoms.